The van der Waals surface area contributed by atoms with E-state index >= 15 is 0 Å². The van der Waals surface area contributed by atoms with Crippen LogP contribution in [-0.2, 0) is 0 Å². The van der Waals surface area contributed by atoms with E-state index in [1.807, 2.05) is 0 Å². The maximum absolute atomic E-state index is 9.55. The van der Waals surface area contributed by atoms with Crippen LogP contribution in [0.5, 0.6) is 0 Å². The Kier molecular flexibility index (Phi) is 2.31. The van der Waals surface area contributed by atoms with Gasteiger partial charge in [0.15, 0.2) is 0 Å². The summed E-state index contributed by atoms with van der Waals surface area (Å²) in [6, 6.07) is 0.858. The highest BCUT2D eigenvalue weighted by molar-refractivity contribution is 5.06. The van der Waals surface area contributed by atoms with Crippen molar-refractivity contribution in [1.82, 2.24) is 4.90 Å². The van der Waals surface area contributed by atoms with Crippen molar-refractivity contribution in [2.24, 2.45) is 17.6 Å². The number of hydrogen-bond acceptors (Lipinski definition) is 3. The summed E-state index contributed by atoms with van der Waals surface area (Å²) in [7, 11) is 0. The van der Waals surface area contributed by atoms with Crippen LogP contribution < -0.4 is 5.73 Å². The summed E-state index contributed by atoms with van der Waals surface area (Å²) in [4.78, 5) is 2.63. The van der Waals surface area contributed by atoms with Crippen LogP contribution in [-0.4, -0.2) is 41.3 Å². The molecule has 3 heteroatoms. The maximum Gasteiger partial charge on any atom is 0.0617 e. The lowest BCUT2D eigenvalue weighted by Crippen LogP contribution is -2.67. The number of nitrogens with zero attached hydrogens (tertiary/aromatic N) is 1. The second-order valence-electron chi connectivity index (χ2n) is 5.78. The van der Waals surface area contributed by atoms with Crippen LogP contribution in [0.3, 0.4) is 0 Å². The van der Waals surface area contributed by atoms with Crippen LogP contribution in [0.2, 0.25) is 0 Å². The number of fused-ring (bicyclic) bond motifs is 2. The van der Waals surface area contributed by atoms with Gasteiger partial charge in [0.05, 0.1) is 6.61 Å². The zero-order chi connectivity index (χ0) is 10.5. The molecule has 15 heavy (non-hydrogen) atoms. The number of rotatable bonds is 2. The Balaban J connectivity index is 1.79. The van der Waals surface area contributed by atoms with Crippen molar-refractivity contribution in [3.63, 3.8) is 0 Å². The van der Waals surface area contributed by atoms with E-state index in [0.29, 0.717) is 11.8 Å². The fourth-order valence-corrected chi connectivity index (χ4v) is 3.64. The third kappa shape index (κ3) is 1.52. The van der Waals surface area contributed by atoms with Crippen LogP contribution in [0, 0.1) is 11.8 Å². The molecular formula is C12H22N2O. The number of nitrogens with two attached hydrogens (primary N) is 1. The van der Waals surface area contributed by atoms with E-state index in [4.69, 9.17) is 5.73 Å². The molecule has 3 nitrogen and oxygen atoms in total. The van der Waals surface area contributed by atoms with E-state index in [2.05, 4.69) is 4.90 Å². The minimum atomic E-state index is -0.260. The molecule has 1 saturated heterocycles. The van der Waals surface area contributed by atoms with E-state index in [-0.39, 0.29) is 12.1 Å². The lowest BCUT2D eigenvalue weighted by molar-refractivity contribution is -0.0324. The number of likely N-dealkylation sites (tertiary alicyclic amines) is 1. The van der Waals surface area contributed by atoms with Gasteiger partial charge in [-0.05, 0) is 37.5 Å². The highest BCUT2D eigenvalue weighted by atomic mass is 16.3. The quantitative estimate of drug-likeness (QED) is 0.700. The molecule has 3 N–H and O–H groups in total. The second-order valence-corrected chi connectivity index (χ2v) is 5.78. The number of hydrogen-bond donors (Lipinski definition) is 2. The third-order valence-electron chi connectivity index (χ3n) is 4.87. The monoisotopic (exact) mass is 210 g/mol. The molecule has 0 amide bonds. The zero-order valence-corrected chi connectivity index (χ0v) is 9.36. The van der Waals surface area contributed by atoms with Gasteiger partial charge in [-0.25, -0.2) is 0 Å². The van der Waals surface area contributed by atoms with Crippen LogP contribution in [0.15, 0.2) is 0 Å². The van der Waals surface area contributed by atoms with Gasteiger partial charge in [0.1, 0.15) is 0 Å². The minimum Gasteiger partial charge on any atom is -0.394 e. The van der Waals surface area contributed by atoms with Crippen molar-refractivity contribution in [2.45, 2.75) is 43.7 Å². The van der Waals surface area contributed by atoms with E-state index in [9.17, 15) is 5.11 Å². The lowest BCUT2D eigenvalue weighted by Gasteiger charge is -2.53. The molecule has 0 aromatic rings. The maximum atomic E-state index is 9.55. The molecule has 0 aromatic heterocycles. The molecule has 2 bridgehead atoms. The van der Waals surface area contributed by atoms with Crippen LogP contribution in [0.25, 0.3) is 0 Å². The smallest absolute Gasteiger partial charge is 0.0617 e. The van der Waals surface area contributed by atoms with Gasteiger partial charge in [-0.15, -0.1) is 0 Å². The Hall–Kier alpha value is -0.120. The van der Waals surface area contributed by atoms with Gasteiger partial charge in [-0.1, -0.05) is 6.42 Å². The lowest BCUT2D eigenvalue weighted by atomic mass is 9.64. The Morgan fingerprint density at radius 2 is 1.73 bits per heavy atom. The molecule has 2 aliphatic carbocycles. The Morgan fingerprint density at radius 1 is 1.13 bits per heavy atom. The molecule has 1 aliphatic heterocycles. The Morgan fingerprint density at radius 3 is 2.20 bits per heavy atom. The van der Waals surface area contributed by atoms with Gasteiger partial charge in [-0.2, -0.15) is 0 Å². The largest absolute Gasteiger partial charge is 0.394 e. The standard InChI is InChI=1S/C12H22N2O/c13-12(8-15)9-2-1-3-10(12)7-14(6-9)11-4-5-11/h9-11,15H,1-8,13H2. The number of aliphatic hydroxyl groups is 1. The van der Waals surface area contributed by atoms with E-state index in [1.54, 1.807) is 0 Å². The van der Waals surface area contributed by atoms with Gasteiger partial charge in [0, 0.05) is 24.7 Å². The molecule has 1 heterocycles. The van der Waals surface area contributed by atoms with Gasteiger partial charge in [0.2, 0.25) is 0 Å². The molecular weight excluding hydrogens is 188 g/mol. The predicted molar refractivity (Wildman–Crippen MR) is 59.4 cm³/mol. The first-order chi connectivity index (χ1) is 7.24. The highest BCUT2D eigenvalue weighted by Crippen LogP contribution is 2.43. The molecule has 3 fully saturated rings. The minimum absolute atomic E-state index is 0.181. The van der Waals surface area contributed by atoms with E-state index < -0.39 is 0 Å². The van der Waals surface area contributed by atoms with E-state index in [0.717, 1.165) is 19.1 Å². The SMILES string of the molecule is NC1(CO)C2CCCC1CN(C1CC1)C2. The normalized spacial score (nSPS) is 46.8. The second kappa shape index (κ2) is 3.44. The summed E-state index contributed by atoms with van der Waals surface area (Å²) in [5, 5.41) is 9.55. The average Bonchev–Trinajstić information content (AvgIpc) is 3.00. The van der Waals surface area contributed by atoms with Crippen molar-refractivity contribution in [3.8, 4) is 0 Å². The molecule has 3 rings (SSSR count). The molecule has 2 unspecified atom stereocenters. The Bertz CT molecular complexity index is 238. The fourth-order valence-electron chi connectivity index (χ4n) is 3.64. The number of aliphatic hydroxyl groups excluding tert-OH is 1. The molecule has 86 valence electrons. The summed E-state index contributed by atoms with van der Waals surface area (Å²) in [6.45, 7) is 2.46. The first-order valence-corrected chi connectivity index (χ1v) is 6.38. The van der Waals surface area contributed by atoms with Crippen LogP contribution in [0.1, 0.15) is 32.1 Å². The van der Waals surface area contributed by atoms with Crippen molar-refractivity contribution < 1.29 is 5.11 Å². The Labute approximate surface area is 91.6 Å². The van der Waals surface area contributed by atoms with E-state index in [1.165, 1.54) is 32.1 Å². The molecule has 3 aliphatic rings. The average molecular weight is 210 g/mol. The zero-order valence-electron chi connectivity index (χ0n) is 9.36. The first kappa shape index (κ1) is 10.1. The highest BCUT2D eigenvalue weighted by Gasteiger charge is 2.50. The van der Waals surface area contributed by atoms with Crippen LogP contribution in [0.4, 0.5) is 0 Å². The first-order valence-electron chi connectivity index (χ1n) is 6.38. The summed E-state index contributed by atoms with van der Waals surface area (Å²) >= 11 is 0. The van der Waals surface area contributed by atoms with Crippen molar-refractivity contribution in [1.29, 1.82) is 0 Å². The van der Waals surface area contributed by atoms with Gasteiger partial charge >= 0.3 is 0 Å². The fraction of sp³-hybridized carbons (Fsp3) is 1.00. The molecule has 2 atom stereocenters. The predicted octanol–water partition coefficient (Wildman–Crippen LogP) is 0.570. The molecule has 0 radical (unpaired) electrons. The summed E-state index contributed by atoms with van der Waals surface area (Å²) in [5.41, 5.74) is 6.15. The van der Waals surface area contributed by atoms with Gasteiger partial charge in [0.25, 0.3) is 0 Å². The molecule has 0 aromatic carbocycles. The number of piperidine rings is 1. The van der Waals surface area contributed by atoms with Crippen molar-refractivity contribution in [3.05, 3.63) is 0 Å². The molecule has 0 spiro atoms. The summed E-state index contributed by atoms with van der Waals surface area (Å²) in [5.74, 6) is 1.08. The van der Waals surface area contributed by atoms with Crippen molar-refractivity contribution >= 4 is 0 Å². The summed E-state index contributed by atoms with van der Waals surface area (Å²) in [6.07, 6.45) is 6.52. The summed E-state index contributed by atoms with van der Waals surface area (Å²) < 4.78 is 0. The molecule has 2 saturated carbocycles. The van der Waals surface area contributed by atoms with Gasteiger partial charge in [-0.3, -0.25) is 4.90 Å². The third-order valence-corrected chi connectivity index (χ3v) is 4.87. The van der Waals surface area contributed by atoms with Gasteiger partial charge < -0.3 is 10.8 Å². The topological polar surface area (TPSA) is 49.5 Å². The van der Waals surface area contributed by atoms with Crippen molar-refractivity contribution in [2.75, 3.05) is 19.7 Å². The van der Waals surface area contributed by atoms with Crippen LogP contribution >= 0.6 is 0 Å².